The largest absolute Gasteiger partial charge is 0.508 e. The predicted octanol–water partition coefficient (Wildman–Crippen LogP) is 4.65. The SMILES string of the molecule is CCCC1NC(CCC)C2c3ccc(O)c(O)c3Oc3cc(O)cc1c32. The lowest BCUT2D eigenvalue weighted by atomic mass is 9.73. The fraction of sp³-hybridized carbons (Fsp3) is 0.429. The van der Waals surface area contributed by atoms with Gasteiger partial charge in [-0.05, 0) is 30.5 Å². The highest BCUT2D eigenvalue weighted by molar-refractivity contribution is 5.66. The lowest BCUT2D eigenvalue weighted by Gasteiger charge is -2.43. The van der Waals surface area contributed by atoms with E-state index in [0.29, 0.717) is 5.75 Å². The summed E-state index contributed by atoms with van der Waals surface area (Å²) in [5, 5.41) is 34.2. The molecule has 0 bridgehead atoms. The number of rotatable bonds is 4. The van der Waals surface area contributed by atoms with Crippen LogP contribution in [0.2, 0.25) is 0 Å². The molecule has 138 valence electrons. The average Bonchev–Trinajstić information content (AvgIpc) is 2.61. The van der Waals surface area contributed by atoms with Crippen molar-refractivity contribution in [1.82, 2.24) is 5.32 Å². The van der Waals surface area contributed by atoms with E-state index in [0.717, 1.165) is 42.4 Å². The Hall–Kier alpha value is -2.40. The maximum absolute atomic E-state index is 10.3. The zero-order chi connectivity index (χ0) is 18.4. The monoisotopic (exact) mass is 355 g/mol. The molecule has 3 atom stereocenters. The van der Waals surface area contributed by atoms with Crippen LogP contribution in [0.15, 0.2) is 24.3 Å². The summed E-state index contributed by atoms with van der Waals surface area (Å²) in [5.41, 5.74) is 3.04. The molecule has 5 nitrogen and oxygen atoms in total. The summed E-state index contributed by atoms with van der Waals surface area (Å²) in [6.45, 7) is 4.32. The first-order valence-electron chi connectivity index (χ1n) is 9.40. The third-order valence-electron chi connectivity index (χ3n) is 5.53. The molecule has 0 spiro atoms. The van der Waals surface area contributed by atoms with Gasteiger partial charge >= 0.3 is 0 Å². The van der Waals surface area contributed by atoms with E-state index in [-0.39, 0.29) is 41.0 Å². The lowest BCUT2D eigenvalue weighted by Crippen LogP contribution is -2.44. The summed E-state index contributed by atoms with van der Waals surface area (Å²) in [6, 6.07) is 7.16. The molecule has 0 aromatic heterocycles. The zero-order valence-corrected chi connectivity index (χ0v) is 15.1. The number of hydrogen-bond donors (Lipinski definition) is 4. The van der Waals surface area contributed by atoms with Crippen LogP contribution < -0.4 is 10.1 Å². The van der Waals surface area contributed by atoms with Gasteiger partial charge in [0.1, 0.15) is 11.5 Å². The van der Waals surface area contributed by atoms with Crippen molar-refractivity contribution >= 4 is 0 Å². The Bertz CT molecular complexity index is 848. The highest BCUT2D eigenvalue weighted by atomic mass is 16.5. The van der Waals surface area contributed by atoms with Crippen molar-refractivity contribution in [2.45, 2.75) is 57.5 Å². The van der Waals surface area contributed by atoms with Gasteiger partial charge in [0.2, 0.25) is 5.75 Å². The number of phenols is 3. The number of fused-ring (bicyclic) bond motifs is 2. The summed E-state index contributed by atoms with van der Waals surface area (Å²) < 4.78 is 5.97. The summed E-state index contributed by atoms with van der Waals surface area (Å²) in [5.74, 6) is 0.579. The molecule has 0 saturated carbocycles. The van der Waals surface area contributed by atoms with Gasteiger partial charge in [0.15, 0.2) is 11.5 Å². The first-order valence-corrected chi connectivity index (χ1v) is 9.40. The highest BCUT2D eigenvalue weighted by Gasteiger charge is 2.42. The van der Waals surface area contributed by atoms with Crippen LogP contribution in [-0.2, 0) is 0 Å². The molecule has 2 aliphatic rings. The quantitative estimate of drug-likeness (QED) is 0.600. The molecule has 3 unspecified atom stereocenters. The van der Waals surface area contributed by atoms with E-state index in [4.69, 9.17) is 4.74 Å². The summed E-state index contributed by atoms with van der Waals surface area (Å²) in [7, 11) is 0. The number of hydrogen-bond acceptors (Lipinski definition) is 5. The van der Waals surface area contributed by atoms with E-state index in [1.807, 2.05) is 12.1 Å². The van der Waals surface area contributed by atoms with Gasteiger partial charge in [-0.25, -0.2) is 0 Å². The second-order valence-corrected chi connectivity index (χ2v) is 7.28. The smallest absolute Gasteiger partial charge is 0.201 e. The molecule has 0 radical (unpaired) electrons. The van der Waals surface area contributed by atoms with Crippen LogP contribution in [0.5, 0.6) is 28.7 Å². The summed E-state index contributed by atoms with van der Waals surface area (Å²) in [6.07, 6.45) is 4.05. The number of aromatic hydroxyl groups is 3. The maximum atomic E-state index is 10.3. The van der Waals surface area contributed by atoms with Crippen LogP contribution in [0.3, 0.4) is 0 Å². The van der Waals surface area contributed by atoms with Crippen molar-refractivity contribution in [3.8, 4) is 28.7 Å². The van der Waals surface area contributed by atoms with E-state index >= 15 is 0 Å². The van der Waals surface area contributed by atoms with Gasteiger partial charge in [-0.3, -0.25) is 0 Å². The van der Waals surface area contributed by atoms with Crippen molar-refractivity contribution in [2.75, 3.05) is 0 Å². The summed E-state index contributed by atoms with van der Waals surface area (Å²) in [4.78, 5) is 0. The lowest BCUT2D eigenvalue weighted by molar-refractivity contribution is 0.304. The minimum Gasteiger partial charge on any atom is -0.508 e. The molecule has 2 aromatic carbocycles. The third-order valence-corrected chi connectivity index (χ3v) is 5.53. The van der Waals surface area contributed by atoms with E-state index in [1.54, 1.807) is 6.07 Å². The van der Waals surface area contributed by atoms with Crippen LogP contribution in [0.25, 0.3) is 0 Å². The number of ether oxygens (including phenoxy) is 1. The van der Waals surface area contributed by atoms with E-state index in [9.17, 15) is 15.3 Å². The van der Waals surface area contributed by atoms with Crippen LogP contribution in [0.4, 0.5) is 0 Å². The molecule has 0 amide bonds. The summed E-state index contributed by atoms with van der Waals surface area (Å²) >= 11 is 0. The molecule has 0 fully saturated rings. The number of benzene rings is 2. The van der Waals surface area contributed by atoms with Crippen molar-refractivity contribution in [2.24, 2.45) is 0 Å². The standard InChI is InChI=1S/C21H25NO4/c1-3-5-14-13-9-11(23)10-17-19(13)18(15(22-14)6-4-2)12-7-8-16(24)20(25)21(12)26-17/h7-10,14-15,18,22-25H,3-6H2,1-2H3. The number of nitrogens with one attached hydrogen (secondary N) is 1. The van der Waals surface area contributed by atoms with Crippen LogP contribution in [0, 0.1) is 0 Å². The average molecular weight is 355 g/mol. The Morgan fingerprint density at radius 3 is 2.50 bits per heavy atom. The molecular formula is C21H25NO4. The molecule has 2 aliphatic heterocycles. The molecule has 4 rings (SSSR count). The van der Waals surface area contributed by atoms with Gasteiger partial charge in [-0.2, -0.15) is 0 Å². The Kier molecular flexibility index (Phi) is 4.19. The Morgan fingerprint density at radius 1 is 1.00 bits per heavy atom. The van der Waals surface area contributed by atoms with Gasteiger partial charge in [0.25, 0.3) is 0 Å². The Labute approximate surface area is 153 Å². The highest BCUT2D eigenvalue weighted by Crippen LogP contribution is 2.56. The molecule has 4 N–H and O–H groups in total. The van der Waals surface area contributed by atoms with Gasteiger partial charge < -0.3 is 25.4 Å². The fourth-order valence-corrected chi connectivity index (χ4v) is 4.48. The molecule has 5 heteroatoms. The van der Waals surface area contributed by atoms with Crippen LogP contribution >= 0.6 is 0 Å². The molecule has 0 aliphatic carbocycles. The minimum absolute atomic E-state index is 0.0175. The van der Waals surface area contributed by atoms with Gasteiger partial charge in [0, 0.05) is 35.2 Å². The van der Waals surface area contributed by atoms with E-state index in [2.05, 4.69) is 19.2 Å². The Balaban J connectivity index is 1.95. The molecular weight excluding hydrogens is 330 g/mol. The Morgan fingerprint density at radius 2 is 1.77 bits per heavy atom. The van der Waals surface area contributed by atoms with Gasteiger partial charge in [-0.1, -0.05) is 32.8 Å². The first kappa shape index (κ1) is 17.0. The van der Waals surface area contributed by atoms with Crippen LogP contribution in [0.1, 0.15) is 68.2 Å². The van der Waals surface area contributed by atoms with Crippen molar-refractivity contribution in [1.29, 1.82) is 0 Å². The molecule has 0 saturated heterocycles. The molecule has 2 heterocycles. The minimum atomic E-state index is -0.246. The van der Waals surface area contributed by atoms with Crippen LogP contribution in [-0.4, -0.2) is 21.4 Å². The van der Waals surface area contributed by atoms with Crippen molar-refractivity contribution in [3.05, 3.63) is 41.0 Å². The maximum Gasteiger partial charge on any atom is 0.201 e. The van der Waals surface area contributed by atoms with Gasteiger partial charge in [-0.15, -0.1) is 0 Å². The van der Waals surface area contributed by atoms with Crippen molar-refractivity contribution < 1.29 is 20.1 Å². The second kappa shape index (κ2) is 6.40. The van der Waals surface area contributed by atoms with E-state index < -0.39 is 0 Å². The molecule has 26 heavy (non-hydrogen) atoms. The zero-order valence-electron chi connectivity index (χ0n) is 15.1. The number of phenolic OH excluding ortho intramolecular Hbond substituents is 3. The van der Waals surface area contributed by atoms with Crippen molar-refractivity contribution in [3.63, 3.8) is 0 Å². The van der Waals surface area contributed by atoms with Gasteiger partial charge in [0.05, 0.1) is 0 Å². The molecule has 2 aromatic rings. The normalized spacial score (nSPS) is 23.1. The predicted molar refractivity (Wildman–Crippen MR) is 99.3 cm³/mol. The fourth-order valence-electron chi connectivity index (χ4n) is 4.48. The second-order valence-electron chi connectivity index (χ2n) is 7.28. The van der Waals surface area contributed by atoms with E-state index in [1.165, 1.54) is 6.07 Å². The topological polar surface area (TPSA) is 82.0 Å². The first-order chi connectivity index (χ1) is 12.5. The third kappa shape index (κ3) is 2.50.